The third-order valence-electron chi connectivity index (χ3n) is 13.3. The van der Waals surface area contributed by atoms with Crippen molar-refractivity contribution in [3.8, 4) is 0 Å². The summed E-state index contributed by atoms with van der Waals surface area (Å²) < 4.78 is 25.0. The lowest BCUT2D eigenvalue weighted by Crippen LogP contribution is -1.75. The van der Waals surface area contributed by atoms with E-state index in [2.05, 4.69) is 133 Å². The Morgan fingerprint density at radius 2 is 0.620 bits per heavy atom. The van der Waals surface area contributed by atoms with Crippen molar-refractivity contribution in [2.45, 2.75) is 415 Å². The number of rotatable bonds is 0. The van der Waals surface area contributed by atoms with E-state index in [1.165, 1.54) is 59.2 Å². The highest BCUT2D eigenvalue weighted by Crippen LogP contribution is 2.21. The number of aromatic nitrogens is 10. The predicted octanol–water partition coefficient (Wildman–Crippen LogP) is 51.6. The van der Waals surface area contributed by atoms with Crippen LogP contribution in [0.15, 0.2) is 347 Å². The first-order chi connectivity index (χ1) is 74.7. The van der Waals surface area contributed by atoms with Crippen molar-refractivity contribution in [2.24, 2.45) is 0 Å². The molecular weight excluding hydrogens is 1890 g/mol. The third-order valence-corrected chi connectivity index (χ3v) is 15.8. The molecular formula is C134H238N10O3S3. The van der Waals surface area contributed by atoms with E-state index in [-0.39, 0.29) is 0 Å². The SMILES string of the molecule is CC.CC.CC.CC.CC.CC.CC.CC.CC.CC.CC.CC.CC.CC.CC.CC.CC.CC.CC.CC.CC.CC.CC.CC.CC.CC.CC.CC.CC.CC.c1ccc2[nH]ccc2c1.c1ccc2[nH]cnc2c1.c1ccc2[nH]ncc2c1.c1ccc2occc2c1.c1ccc2ocnc2c1.c1ccc2oncc2c1.c1ccc2sccc2c1.c1ccc2scnc2c1.c1ccc2sncc2c1.c1ccn2cccc2c1. The number of thiazole rings is 1. The molecule has 0 radical (unpaired) electrons. The van der Waals surface area contributed by atoms with Gasteiger partial charge in [-0.1, -0.05) is 566 Å². The quantitative estimate of drug-likeness (QED) is 0.134. The molecule has 0 saturated carbocycles. The van der Waals surface area contributed by atoms with Gasteiger partial charge in [0.15, 0.2) is 17.6 Å². The molecule has 0 spiro atoms. The van der Waals surface area contributed by atoms with Crippen molar-refractivity contribution < 1.29 is 13.4 Å². The van der Waals surface area contributed by atoms with Gasteiger partial charge in [0.1, 0.15) is 11.1 Å². The lowest BCUT2D eigenvalue weighted by Gasteiger charge is -1.88. The van der Waals surface area contributed by atoms with E-state index < -0.39 is 0 Å². The van der Waals surface area contributed by atoms with Gasteiger partial charge in [-0.3, -0.25) is 5.10 Å². The Balaban J connectivity index is -0.0000000659. The first-order valence-corrected chi connectivity index (χ1v) is 61.0. The summed E-state index contributed by atoms with van der Waals surface area (Å²) in [4.78, 5) is 18.3. The predicted molar refractivity (Wildman–Crippen MR) is 714 cm³/mol. The van der Waals surface area contributed by atoms with Crippen LogP contribution in [0.1, 0.15) is 415 Å². The minimum atomic E-state index is 0.845. The summed E-state index contributed by atoms with van der Waals surface area (Å²) in [6.45, 7) is 120. The molecule has 0 saturated heterocycles. The van der Waals surface area contributed by atoms with Gasteiger partial charge in [-0.2, -0.15) is 9.47 Å². The molecule has 20 rings (SSSR count). The van der Waals surface area contributed by atoms with Gasteiger partial charge in [0.2, 0.25) is 0 Å². The number of imidazole rings is 1. The number of hydrogen-bond acceptors (Lipinski definition) is 12. The molecule has 16 heteroatoms. The normalized spacial score (nSPS) is 7.33. The van der Waals surface area contributed by atoms with Gasteiger partial charge in [-0.05, 0) is 149 Å². The van der Waals surface area contributed by atoms with Crippen molar-refractivity contribution in [1.29, 1.82) is 0 Å². The highest BCUT2D eigenvalue weighted by atomic mass is 32.1. The monoisotopic (exact) mass is 2130 g/mol. The van der Waals surface area contributed by atoms with E-state index in [1.54, 1.807) is 41.5 Å². The van der Waals surface area contributed by atoms with Crippen molar-refractivity contribution in [1.82, 2.24) is 49.0 Å². The summed E-state index contributed by atoms with van der Waals surface area (Å²) >= 11 is 5.00. The number of fused-ring (bicyclic) bond motifs is 10. The van der Waals surface area contributed by atoms with Crippen LogP contribution in [0.25, 0.3) is 102 Å². The number of para-hydroxylation sites is 9. The Kier molecular flexibility index (Phi) is 227. The maximum absolute atomic E-state index is 5.12. The lowest BCUT2D eigenvalue weighted by atomic mass is 10.3. The second kappa shape index (κ2) is 182. The minimum Gasteiger partial charge on any atom is -0.464 e. The zero-order chi connectivity index (χ0) is 121. The molecule has 0 unspecified atom stereocenters. The number of benzene rings is 9. The second-order valence-corrected chi connectivity index (χ2v) is 21.9. The van der Waals surface area contributed by atoms with Crippen LogP contribution in [0.5, 0.6) is 0 Å². The Bertz CT molecular complexity index is 3930. The topological polar surface area (TPSA) is 169 Å². The first kappa shape index (κ1) is 186. The zero-order valence-electron chi connectivity index (χ0n) is 108. The molecule has 0 aliphatic carbocycles. The highest BCUT2D eigenvalue weighted by Gasteiger charge is 1.97. The van der Waals surface area contributed by atoms with Crippen LogP contribution < -0.4 is 0 Å². The number of H-pyrrole nitrogens is 3. The van der Waals surface area contributed by atoms with Crippen LogP contribution in [0.2, 0.25) is 0 Å². The fourth-order valence-corrected chi connectivity index (χ4v) is 10.9. The van der Waals surface area contributed by atoms with Crippen molar-refractivity contribution in [3.05, 3.63) is 334 Å². The van der Waals surface area contributed by atoms with E-state index in [1.807, 2.05) is 640 Å². The van der Waals surface area contributed by atoms with Crippen LogP contribution in [-0.2, 0) is 0 Å². The molecule has 0 atom stereocenters. The summed E-state index contributed by atoms with van der Waals surface area (Å²) in [7, 11) is 0. The van der Waals surface area contributed by atoms with Gasteiger partial charge >= 0.3 is 0 Å². The molecule has 3 N–H and O–H groups in total. The van der Waals surface area contributed by atoms with E-state index in [0.29, 0.717) is 0 Å². The summed E-state index contributed by atoms with van der Waals surface area (Å²) in [6.07, 6.45) is 16.3. The molecule has 0 bridgehead atoms. The van der Waals surface area contributed by atoms with E-state index >= 15 is 0 Å². The maximum atomic E-state index is 5.12. The fourth-order valence-electron chi connectivity index (χ4n) is 8.78. The van der Waals surface area contributed by atoms with Crippen LogP contribution >= 0.6 is 34.2 Å². The van der Waals surface area contributed by atoms with E-state index in [0.717, 1.165) is 60.5 Å². The summed E-state index contributed by atoms with van der Waals surface area (Å²) in [5.74, 6) is 0. The van der Waals surface area contributed by atoms with Gasteiger partial charge in [0, 0.05) is 62.1 Å². The van der Waals surface area contributed by atoms with Crippen LogP contribution in [0.4, 0.5) is 0 Å². The molecule has 13 nitrogen and oxygen atoms in total. The number of nitrogens with zero attached hydrogens (tertiary/aromatic N) is 7. The molecule has 20 aromatic rings. The van der Waals surface area contributed by atoms with Gasteiger partial charge in [-0.15, -0.1) is 22.7 Å². The number of pyridine rings is 1. The van der Waals surface area contributed by atoms with Crippen LogP contribution in [0, 0.1) is 0 Å². The number of aromatic amines is 3. The molecule has 0 aliphatic heterocycles. The fraction of sp³-hybridized carbons (Fsp3) is 0.448. The summed E-state index contributed by atoms with van der Waals surface area (Å²) in [5.41, 5.74) is 12.2. The van der Waals surface area contributed by atoms with Crippen molar-refractivity contribution in [3.63, 3.8) is 0 Å². The number of thiophene rings is 1. The number of nitrogens with one attached hydrogen (secondary N) is 3. The van der Waals surface area contributed by atoms with E-state index in [9.17, 15) is 0 Å². The minimum absolute atomic E-state index is 0.845. The Hall–Kier alpha value is -11.6. The van der Waals surface area contributed by atoms with E-state index in [4.69, 9.17) is 13.4 Å². The largest absolute Gasteiger partial charge is 0.464 e. The zero-order valence-corrected chi connectivity index (χ0v) is 111. The van der Waals surface area contributed by atoms with Gasteiger partial charge < -0.3 is 27.7 Å². The molecule has 860 valence electrons. The Labute approximate surface area is 941 Å². The standard InChI is InChI=1S/2C8H7N.C8H6O.C8H6S.2C7H6N2.2C7H5NO.2C7H5NS.30C2H6/c1-2-6-9-7-3-5-8(9)4-1;3*1-2-4-8-7(3-1)5-6-9-8;1-2-4-7-6(3-1)8-5-9-7;1-2-4-7-6(3-1)5-8-9-7;1-2-4-7-6(3-1)8-5-9-7;1-2-4-7-6(3-1)5-8-9-7;1-2-4-7-6(3-1)8-5-9-7;1-2-4-7-6(3-1)5-8-9-7;30*1-2/h1-7H;1-6,9H;2*1-6H;2*1-5H,(H,8,9);4*1-5H;30*1-2H3. The molecule has 0 fully saturated rings. The lowest BCUT2D eigenvalue weighted by molar-refractivity contribution is 0.456. The first-order valence-electron chi connectivity index (χ1n) is 58.5. The van der Waals surface area contributed by atoms with Crippen LogP contribution in [0.3, 0.4) is 0 Å². The number of furan rings is 1. The number of oxazole rings is 1. The average Bonchev–Trinajstić information content (AvgIpc) is 1.83. The van der Waals surface area contributed by atoms with Crippen molar-refractivity contribution >= 4 is 136 Å². The summed E-state index contributed by atoms with van der Waals surface area (Å²) in [5, 5.41) is 19.7. The van der Waals surface area contributed by atoms with Gasteiger partial charge in [0.05, 0.1) is 62.0 Å². The third kappa shape index (κ3) is 99.7. The second-order valence-electron chi connectivity index (χ2n) is 19.3. The van der Waals surface area contributed by atoms with Crippen LogP contribution in [-0.4, -0.2) is 49.0 Å². The Morgan fingerprint density at radius 1 is 0.240 bits per heavy atom. The average molecular weight is 2130 g/mol. The highest BCUT2D eigenvalue weighted by molar-refractivity contribution is 7.17. The molecule has 150 heavy (non-hydrogen) atoms. The molecule has 9 aromatic carbocycles. The van der Waals surface area contributed by atoms with Crippen molar-refractivity contribution in [2.75, 3.05) is 0 Å². The number of hydrogen-bond donors (Lipinski definition) is 3. The maximum Gasteiger partial charge on any atom is 0.181 e. The molecule has 11 aromatic heterocycles. The Morgan fingerprint density at radius 3 is 1.07 bits per heavy atom. The summed E-state index contributed by atoms with van der Waals surface area (Å²) in [6, 6.07) is 88.7. The van der Waals surface area contributed by atoms with Gasteiger partial charge in [-0.25, -0.2) is 15.0 Å². The smallest absolute Gasteiger partial charge is 0.181 e. The molecule has 0 aliphatic rings. The molecule has 0 amide bonds. The molecule has 11 heterocycles. The van der Waals surface area contributed by atoms with Gasteiger partial charge in [0.25, 0.3) is 0 Å².